The van der Waals surface area contributed by atoms with Crippen LogP contribution in [-0.2, 0) is 0 Å². The van der Waals surface area contributed by atoms with Crippen molar-refractivity contribution in [1.29, 1.82) is 0 Å². The van der Waals surface area contributed by atoms with Gasteiger partial charge in [-0.15, -0.1) is 0 Å². The topological polar surface area (TPSA) is 15.8 Å². The van der Waals surface area contributed by atoms with Crippen molar-refractivity contribution in [2.24, 2.45) is 0 Å². The van der Waals surface area contributed by atoms with E-state index in [1.165, 1.54) is 64.5 Å². The summed E-state index contributed by atoms with van der Waals surface area (Å²) in [5, 5.41) is 11.1. The van der Waals surface area contributed by atoms with Gasteiger partial charge in [-0.3, -0.25) is 0 Å². The lowest BCUT2D eigenvalue weighted by Crippen LogP contribution is -2.73. The molecule has 8 rings (SSSR count). The van der Waals surface area contributed by atoms with Crippen LogP contribution in [-0.4, -0.2) is 13.1 Å². The van der Waals surface area contributed by atoms with Crippen molar-refractivity contribution < 1.29 is 0 Å². The predicted molar refractivity (Wildman–Crippen MR) is 156 cm³/mol. The summed E-state index contributed by atoms with van der Waals surface area (Å²) in [5.41, 5.74) is 5.20. The molecule has 0 aliphatic carbocycles. The van der Waals surface area contributed by atoms with Crippen LogP contribution in [0.2, 0.25) is 0 Å². The van der Waals surface area contributed by atoms with Crippen molar-refractivity contribution in [1.82, 2.24) is 4.98 Å². The van der Waals surface area contributed by atoms with E-state index in [1.54, 1.807) is 0 Å². The van der Waals surface area contributed by atoms with Crippen LogP contribution in [0.1, 0.15) is 0 Å². The zero-order valence-electron chi connectivity index (χ0n) is 19.7. The number of rotatable bonds is 2. The number of H-pyrrole nitrogens is 1. The Kier molecular flexibility index (Phi) is 4.03. The second-order valence-corrected chi connectivity index (χ2v) is 13.5. The quantitative estimate of drug-likeness (QED) is 0.304. The van der Waals surface area contributed by atoms with Crippen LogP contribution in [0.4, 0.5) is 0 Å². The molecule has 0 saturated heterocycles. The van der Waals surface area contributed by atoms with Crippen LogP contribution in [0.3, 0.4) is 0 Å². The Hall–Kier alpha value is -4.40. The monoisotopic (exact) mass is 473 g/mol. The normalized spacial score (nSPS) is 13.8. The number of para-hydroxylation sites is 1. The maximum atomic E-state index is 3.84. The summed E-state index contributed by atoms with van der Waals surface area (Å²) in [6.45, 7) is 0. The molecule has 6 aromatic carbocycles. The maximum Gasteiger partial charge on any atom is 0.181 e. The van der Waals surface area contributed by atoms with E-state index in [0.717, 1.165) is 0 Å². The Morgan fingerprint density at radius 2 is 1.11 bits per heavy atom. The third-order valence-corrected chi connectivity index (χ3v) is 13.0. The fourth-order valence-corrected chi connectivity index (χ4v) is 12.1. The minimum absolute atomic E-state index is 1.19. The Labute approximate surface area is 210 Å². The van der Waals surface area contributed by atoms with Crippen LogP contribution in [0.5, 0.6) is 0 Å². The van der Waals surface area contributed by atoms with Crippen LogP contribution in [0.15, 0.2) is 133 Å². The van der Waals surface area contributed by atoms with Gasteiger partial charge < -0.3 is 4.98 Å². The smallest absolute Gasteiger partial charge is 0.181 e. The molecule has 1 aromatic heterocycles. The first-order valence-corrected chi connectivity index (χ1v) is 14.5. The molecular formula is C34H23NSi. The number of nitrogens with one attached hydrogen (secondary N) is 1. The molecule has 1 aliphatic rings. The lowest BCUT2D eigenvalue weighted by Gasteiger charge is -2.32. The fraction of sp³-hybridized carbons (Fsp3) is 0. The lowest BCUT2D eigenvalue weighted by molar-refractivity contribution is 1.56. The second kappa shape index (κ2) is 7.30. The largest absolute Gasteiger partial charge is 0.354 e. The minimum atomic E-state index is -2.58. The molecule has 1 aliphatic heterocycles. The first-order valence-electron chi connectivity index (χ1n) is 12.5. The van der Waals surface area contributed by atoms with Crippen molar-refractivity contribution in [3.05, 3.63) is 133 Å². The van der Waals surface area contributed by atoms with Crippen molar-refractivity contribution in [3.8, 4) is 11.1 Å². The average molecular weight is 474 g/mol. The van der Waals surface area contributed by atoms with Crippen molar-refractivity contribution >= 4 is 61.4 Å². The molecule has 0 spiro atoms. The van der Waals surface area contributed by atoms with Gasteiger partial charge in [-0.25, -0.2) is 0 Å². The number of hydrogen-bond acceptors (Lipinski definition) is 0. The van der Waals surface area contributed by atoms with Crippen molar-refractivity contribution in [2.75, 3.05) is 0 Å². The van der Waals surface area contributed by atoms with E-state index in [0.29, 0.717) is 0 Å². The predicted octanol–water partition coefficient (Wildman–Crippen LogP) is 5.83. The molecule has 2 heterocycles. The molecule has 0 radical (unpaired) electrons. The molecule has 1 N–H and O–H groups in total. The Balaban J connectivity index is 1.66. The number of benzene rings is 6. The van der Waals surface area contributed by atoms with E-state index in [2.05, 4.69) is 138 Å². The van der Waals surface area contributed by atoms with Crippen LogP contribution >= 0.6 is 0 Å². The molecule has 0 unspecified atom stereocenters. The Morgan fingerprint density at radius 3 is 1.89 bits per heavy atom. The SMILES string of the molecule is c1ccc([Si]2(c3ccccc3)c3ccccc3-c3ccc4ccc5c6ccccc6[nH]c5c4c32)cc1. The Morgan fingerprint density at radius 1 is 0.472 bits per heavy atom. The van der Waals surface area contributed by atoms with E-state index >= 15 is 0 Å². The van der Waals surface area contributed by atoms with Gasteiger partial charge in [0.25, 0.3) is 0 Å². The van der Waals surface area contributed by atoms with Gasteiger partial charge in [0.2, 0.25) is 0 Å². The highest BCUT2D eigenvalue weighted by molar-refractivity contribution is 7.23. The first-order chi connectivity index (χ1) is 17.9. The summed E-state index contributed by atoms with van der Waals surface area (Å²) in [6, 6.07) is 49.6. The summed E-state index contributed by atoms with van der Waals surface area (Å²) < 4.78 is 0. The molecule has 0 atom stereocenters. The molecule has 0 saturated carbocycles. The first kappa shape index (κ1) is 19.9. The molecule has 0 fully saturated rings. The molecule has 2 heteroatoms. The second-order valence-electron chi connectivity index (χ2n) is 9.77. The average Bonchev–Trinajstić information content (AvgIpc) is 3.48. The van der Waals surface area contributed by atoms with E-state index in [9.17, 15) is 0 Å². The summed E-state index contributed by atoms with van der Waals surface area (Å²) >= 11 is 0. The Bertz CT molecular complexity index is 1890. The molecule has 168 valence electrons. The van der Waals surface area contributed by atoms with Crippen LogP contribution < -0.4 is 20.7 Å². The van der Waals surface area contributed by atoms with E-state index in [1.807, 2.05) is 0 Å². The van der Waals surface area contributed by atoms with E-state index in [4.69, 9.17) is 0 Å². The fourth-order valence-electron chi connectivity index (χ4n) is 6.67. The van der Waals surface area contributed by atoms with Crippen LogP contribution in [0, 0.1) is 0 Å². The summed E-state index contributed by atoms with van der Waals surface area (Å²) in [5.74, 6) is 0. The highest BCUT2D eigenvalue weighted by Crippen LogP contribution is 2.37. The van der Waals surface area contributed by atoms with Gasteiger partial charge in [0, 0.05) is 21.7 Å². The third kappa shape index (κ3) is 2.44. The molecule has 0 amide bonds. The molecule has 7 aromatic rings. The van der Waals surface area contributed by atoms with Crippen molar-refractivity contribution in [2.45, 2.75) is 0 Å². The lowest BCUT2D eigenvalue weighted by atomic mass is 9.99. The summed E-state index contributed by atoms with van der Waals surface area (Å²) in [7, 11) is -2.58. The third-order valence-electron chi connectivity index (χ3n) is 8.07. The van der Waals surface area contributed by atoms with Gasteiger partial charge in [0.1, 0.15) is 0 Å². The summed E-state index contributed by atoms with van der Waals surface area (Å²) in [6.07, 6.45) is 0. The van der Waals surface area contributed by atoms with Gasteiger partial charge >= 0.3 is 0 Å². The molecular weight excluding hydrogens is 450 g/mol. The minimum Gasteiger partial charge on any atom is -0.354 e. The van der Waals surface area contributed by atoms with Gasteiger partial charge in [-0.2, -0.15) is 0 Å². The molecule has 0 bridgehead atoms. The summed E-state index contributed by atoms with van der Waals surface area (Å²) in [4.78, 5) is 3.84. The van der Waals surface area contributed by atoms with Gasteiger partial charge in [-0.1, -0.05) is 127 Å². The highest BCUT2D eigenvalue weighted by Gasteiger charge is 2.49. The van der Waals surface area contributed by atoms with Gasteiger partial charge in [0.15, 0.2) is 8.07 Å². The molecule has 1 nitrogen and oxygen atoms in total. The van der Waals surface area contributed by atoms with Gasteiger partial charge in [-0.05, 0) is 43.3 Å². The van der Waals surface area contributed by atoms with E-state index < -0.39 is 8.07 Å². The molecule has 36 heavy (non-hydrogen) atoms. The number of fused-ring (bicyclic) bond motifs is 9. The van der Waals surface area contributed by atoms with Crippen molar-refractivity contribution in [3.63, 3.8) is 0 Å². The van der Waals surface area contributed by atoms with Crippen LogP contribution in [0.25, 0.3) is 43.7 Å². The number of hydrogen-bond donors (Lipinski definition) is 1. The maximum absolute atomic E-state index is 3.84. The highest BCUT2D eigenvalue weighted by atomic mass is 28.3. The van der Waals surface area contributed by atoms with E-state index in [-0.39, 0.29) is 0 Å². The number of aromatic amines is 1. The number of aromatic nitrogens is 1. The zero-order valence-corrected chi connectivity index (χ0v) is 20.7. The standard InChI is InChI=1S/C34H23NSi/c1-3-11-24(12-4-1)36(25-13-5-2-6-14-25)31-18-10-8-16-27(31)29-22-20-23-19-21-28-26-15-7-9-17-30(26)35-33(28)32(23)34(29)36/h1-22,35H. The van der Waals surface area contributed by atoms with Gasteiger partial charge in [0.05, 0.1) is 5.52 Å². The zero-order chi connectivity index (χ0) is 23.7.